The number of rotatable bonds is 5. The topological polar surface area (TPSA) is 23.5 Å². The van der Waals surface area contributed by atoms with Gasteiger partial charge >= 0.3 is 0 Å². The van der Waals surface area contributed by atoms with Crippen LogP contribution < -0.4 is 0 Å². The first-order valence-corrected chi connectivity index (χ1v) is 6.71. The largest absolute Gasteiger partial charge is 0.393 e. The Balaban J connectivity index is 2.41. The number of benzene rings is 1. The van der Waals surface area contributed by atoms with Gasteiger partial charge in [0.25, 0.3) is 0 Å². The van der Waals surface area contributed by atoms with Crippen molar-refractivity contribution in [3.05, 3.63) is 35.4 Å². The van der Waals surface area contributed by atoms with E-state index in [-0.39, 0.29) is 11.5 Å². The predicted octanol–water partition coefficient (Wildman–Crippen LogP) is 3.22. The van der Waals surface area contributed by atoms with Gasteiger partial charge in [-0.3, -0.25) is 0 Å². The van der Waals surface area contributed by atoms with Crippen LogP contribution in [0.5, 0.6) is 0 Å². The van der Waals surface area contributed by atoms with E-state index in [1.54, 1.807) is 0 Å². The highest BCUT2D eigenvalue weighted by molar-refractivity contribution is 5.21. The molecule has 0 saturated carbocycles. The quantitative estimate of drug-likeness (QED) is 0.866. The number of nitrogens with zero attached hydrogens (tertiary/aromatic N) is 1. The molecule has 0 aromatic heterocycles. The molecule has 2 nitrogen and oxygen atoms in total. The first kappa shape index (κ1) is 15.2. The second-order valence-corrected chi connectivity index (χ2v) is 6.40. The third-order valence-corrected chi connectivity index (χ3v) is 3.32. The van der Waals surface area contributed by atoms with Crippen LogP contribution in [-0.4, -0.2) is 29.7 Å². The maximum absolute atomic E-state index is 10.0. The highest BCUT2D eigenvalue weighted by atomic mass is 16.3. The third kappa shape index (κ3) is 5.19. The number of aliphatic hydroxyl groups is 1. The van der Waals surface area contributed by atoms with Gasteiger partial charge in [0.05, 0.1) is 6.10 Å². The summed E-state index contributed by atoms with van der Waals surface area (Å²) in [6.45, 7) is 10.2. The molecule has 1 aromatic carbocycles. The minimum Gasteiger partial charge on any atom is -0.393 e. The number of aliphatic hydroxyl groups excluding tert-OH is 1. The number of hydrogen-bond acceptors (Lipinski definition) is 2. The van der Waals surface area contributed by atoms with Crippen molar-refractivity contribution >= 4 is 0 Å². The molecule has 0 saturated heterocycles. The molecular weight excluding hydrogens is 222 g/mol. The zero-order chi connectivity index (χ0) is 13.8. The minimum atomic E-state index is -0.238. The summed E-state index contributed by atoms with van der Waals surface area (Å²) in [5, 5.41) is 10.0. The Hall–Kier alpha value is -0.860. The molecule has 0 aliphatic rings. The Kier molecular flexibility index (Phi) is 5.36. The molecule has 1 atom stereocenters. The van der Waals surface area contributed by atoms with Gasteiger partial charge < -0.3 is 10.0 Å². The SMILES string of the molecule is Cc1cccc(CN(C)CCC(O)C(C)(C)C)c1. The lowest BCUT2D eigenvalue weighted by atomic mass is 9.87. The molecule has 0 radical (unpaired) electrons. The predicted molar refractivity (Wildman–Crippen MR) is 77.6 cm³/mol. The Labute approximate surface area is 112 Å². The summed E-state index contributed by atoms with van der Waals surface area (Å²) >= 11 is 0. The fraction of sp³-hybridized carbons (Fsp3) is 0.625. The molecule has 2 heteroatoms. The second-order valence-electron chi connectivity index (χ2n) is 6.40. The van der Waals surface area contributed by atoms with E-state index in [0.29, 0.717) is 0 Å². The lowest BCUT2D eigenvalue weighted by Gasteiger charge is -2.27. The summed E-state index contributed by atoms with van der Waals surface area (Å²) in [6, 6.07) is 8.59. The van der Waals surface area contributed by atoms with Gasteiger partial charge in [0, 0.05) is 13.1 Å². The first-order valence-electron chi connectivity index (χ1n) is 6.71. The molecule has 18 heavy (non-hydrogen) atoms. The van der Waals surface area contributed by atoms with Gasteiger partial charge in [0.2, 0.25) is 0 Å². The van der Waals surface area contributed by atoms with E-state index in [9.17, 15) is 5.11 Å². The molecule has 0 spiro atoms. The van der Waals surface area contributed by atoms with Crippen LogP contribution in [0.4, 0.5) is 0 Å². The molecule has 1 rings (SSSR count). The smallest absolute Gasteiger partial charge is 0.0600 e. The van der Waals surface area contributed by atoms with Crippen molar-refractivity contribution in [2.45, 2.75) is 46.8 Å². The van der Waals surface area contributed by atoms with Crippen LogP contribution in [0.25, 0.3) is 0 Å². The monoisotopic (exact) mass is 249 g/mol. The molecule has 1 unspecified atom stereocenters. The maximum Gasteiger partial charge on any atom is 0.0600 e. The van der Waals surface area contributed by atoms with Crippen molar-refractivity contribution in [3.8, 4) is 0 Å². The molecule has 0 aliphatic heterocycles. The van der Waals surface area contributed by atoms with Crippen LogP contribution in [0.15, 0.2) is 24.3 Å². The molecule has 0 fully saturated rings. The second kappa shape index (κ2) is 6.35. The molecule has 0 bridgehead atoms. The van der Waals surface area contributed by atoms with Crippen LogP contribution in [0, 0.1) is 12.3 Å². The van der Waals surface area contributed by atoms with Crippen LogP contribution in [0.2, 0.25) is 0 Å². The maximum atomic E-state index is 10.0. The van der Waals surface area contributed by atoms with E-state index in [2.05, 4.69) is 63.9 Å². The minimum absolute atomic E-state index is 0.0236. The number of hydrogen-bond donors (Lipinski definition) is 1. The van der Waals surface area contributed by atoms with Gasteiger partial charge in [-0.25, -0.2) is 0 Å². The fourth-order valence-electron chi connectivity index (χ4n) is 1.98. The highest BCUT2D eigenvalue weighted by Gasteiger charge is 2.21. The molecule has 0 heterocycles. The molecule has 0 amide bonds. The summed E-state index contributed by atoms with van der Waals surface area (Å²) in [4.78, 5) is 2.27. The summed E-state index contributed by atoms with van der Waals surface area (Å²) in [5.41, 5.74) is 2.61. The Bertz CT molecular complexity index is 368. The van der Waals surface area contributed by atoms with Crippen LogP contribution in [-0.2, 0) is 6.54 Å². The summed E-state index contributed by atoms with van der Waals surface area (Å²) in [7, 11) is 2.11. The van der Waals surface area contributed by atoms with Gasteiger partial charge in [0.15, 0.2) is 0 Å². The molecule has 1 aromatic rings. The van der Waals surface area contributed by atoms with Crippen molar-refractivity contribution in [1.82, 2.24) is 4.90 Å². The van der Waals surface area contributed by atoms with Crippen LogP contribution in [0.3, 0.4) is 0 Å². The number of aryl methyl sites for hydroxylation is 1. The van der Waals surface area contributed by atoms with E-state index < -0.39 is 0 Å². The van der Waals surface area contributed by atoms with Crippen molar-refractivity contribution in [1.29, 1.82) is 0 Å². The normalized spacial score (nSPS) is 13.9. The van der Waals surface area contributed by atoms with Crippen molar-refractivity contribution in [2.75, 3.05) is 13.6 Å². The Morgan fingerprint density at radius 1 is 1.28 bits per heavy atom. The average Bonchev–Trinajstić information content (AvgIpc) is 2.24. The summed E-state index contributed by atoms with van der Waals surface area (Å²) in [5.74, 6) is 0. The lowest BCUT2D eigenvalue weighted by molar-refractivity contribution is 0.0473. The lowest BCUT2D eigenvalue weighted by Crippen LogP contribution is -2.30. The van der Waals surface area contributed by atoms with Crippen LogP contribution in [0.1, 0.15) is 38.3 Å². The summed E-state index contributed by atoms with van der Waals surface area (Å²) in [6.07, 6.45) is 0.587. The highest BCUT2D eigenvalue weighted by Crippen LogP contribution is 2.21. The van der Waals surface area contributed by atoms with Gasteiger partial charge in [-0.05, 0) is 31.4 Å². The fourth-order valence-corrected chi connectivity index (χ4v) is 1.98. The van der Waals surface area contributed by atoms with Crippen LogP contribution >= 0.6 is 0 Å². The standard InChI is InChI=1S/C16H27NO/c1-13-7-6-8-14(11-13)12-17(5)10-9-15(18)16(2,3)4/h6-8,11,15,18H,9-10,12H2,1-5H3. The zero-order valence-electron chi connectivity index (χ0n) is 12.4. The van der Waals surface area contributed by atoms with Crippen molar-refractivity contribution in [2.24, 2.45) is 5.41 Å². The Morgan fingerprint density at radius 3 is 2.50 bits per heavy atom. The summed E-state index contributed by atoms with van der Waals surface area (Å²) < 4.78 is 0. The van der Waals surface area contributed by atoms with E-state index in [1.807, 2.05) is 0 Å². The van der Waals surface area contributed by atoms with Crippen molar-refractivity contribution < 1.29 is 5.11 Å². The Morgan fingerprint density at radius 2 is 1.94 bits per heavy atom. The van der Waals surface area contributed by atoms with E-state index in [1.165, 1.54) is 11.1 Å². The van der Waals surface area contributed by atoms with Gasteiger partial charge in [-0.2, -0.15) is 0 Å². The van der Waals surface area contributed by atoms with Gasteiger partial charge in [-0.1, -0.05) is 50.6 Å². The molecule has 0 aliphatic carbocycles. The van der Waals surface area contributed by atoms with E-state index in [4.69, 9.17) is 0 Å². The van der Waals surface area contributed by atoms with Gasteiger partial charge in [-0.15, -0.1) is 0 Å². The van der Waals surface area contributed by atoms with Gasteiger partial charge in [0.1, 0.15) is 0 Å². The zero-order valence-corrected chi connectivity index (χ0v) is 12.4. The van der Waals surface area contributed by atoms with E-state index in [0.717, 1.165) is 19.5 Å². The van der Waals surface area contributed by atoms with Crippen molar-refractivity contribution in [3.63, 3.8) is 0 Å². The first-order chi connectivity index (χ1) is 8.29. The molecule has 102 valence electrons. The average molecular weight is 249 g/mol. The van der Waals surface area contributed by atoms with E-state index >= 15 is 0 Å². The molecule has 1 N–H and O–H groups in total. The third-order valence-electron chi connectivity index (χ3n) is 3.32. The molecular formula is C16H27NO.